The zero-order chi connectivity index (χ0) is 16.2. The van der Waals surface area contributed by atoms with Crippen molar-refractivity contribution in [2.24, 2.45) is 5.92 Å². The van der Waals surface area contributed by atoms with Gasteiger partial charge in [0.2, 0.25) is 10.0 Å². The topological polar surface area (TPSA) is 49.4 Å². The summed E-state index contributed by atoms with van der Waals surface area (Å²) in [4.78, 5) is 0.176. The minimum absolute atomic E-state index is 0.0940. The lowest BCUT2D eigenvalue weighted by Gasteiger charge is -2.27. The molecule has 0 aliphatic rings. The molecule has 21 heavy (non-hydrogen) atoms. The molecule has 0 saturated carbocycles. The van der Waals surface area contributed by atoms with E-state index < -0.39 is 10.0 Å². The second kappa shape index (κ2) is 7.58. The SMILES string of the molecule is CCNCc1ccc(Cl)c(S(=O)(=O)N(C)C(C)C(C)C)c1. The Labute approximate surface area is 133 Å². The van der Waals surface area contributed by atoms with Gasteiger partial charge in [-0.1, -0.05) is 38.4 Å². The van der Waals surface area contributed by atoms with Crippen LogP contribution < -0.4 is 5.32 Å². The van der Waals surface area contributed by atoms with Gasteiger partial charge in [0.05, 0.1) is 5.02 Å². The Balaban J connectivity index is 3.18. The Kier molecular flexibility index (Phi) is 6.66. The smallest absolute Gasteiger partial charge is 0.244 e. The first-order valence-electron chi connectivity index (χ1n) is 7.19. The summed E-state index contributed by atoms with van der Waals surface area (Å²) in [6.45, 7) is 9.36. The van der Waals surface area contributed by atoms with Crippen LogP contribution in [0.1, 0.15) is 33.3 Å². The molecular formula is C15H25ClN2O2S. The van der Waals surface area contributed by atoms with Gasteiger partial charge in [0.1, 0.15) is 4.90 Å². The molecule has 1 aromatic carbocycles. The first kappa shape index (κ1) is 18.4. The van der Waals surface area contributed by atoms with Crippen LogP contribution in [0.15, 0.2) is 23.1 Å². The van der Waals surface area contributed by atoms with Gasteiger partial charge < -0.3 is 5.32 Å². The Morgan fingerprint density at radius 1 is 1.29 bits per heavy atom. The van der Waals surface area contributed by atoms with Crippen molar-refractivity contribution in [2.45, 2.75) is 45.2 Å². The Hall–Kier alpha value is -0.620. The lowest BCUT2D eigenvalue weighted by atomic mass is 10.1. The van der Waals surface area contributed by atoms with E-state index in [9.17, 15) is 8.42 Å². The fourth-order valence-electron chi connectivity index (χ4n) is 1.92. The average Bonchev–Trinajstić information content (AvgIpc) is 2.44. The van der Waals surface area contributed by atoms with Crippen molar-refractivity contribution in [3.8, 4) is 0 Å². The van der Waals surface area contributed by atoms with Crippen molar-refractivity contribution in [1.29, 1.82) is 0 Å². The van der Waals surface area contributed by atoms with Crippen molar-refractivity contribution in [1.82, 2.24) is 9.62 Å². The van der Waals surface area contributed by atoms with E-state index in [2.05, 4.69) is 5.32 Å². The quantitative estimate of drug-likeness (QED) is 0.834. The van der Waals surface area contributed by atoms with Gasteiger partial charge in [-0.15, -0.1) is 0 Å². The minimum atomic E-state index is -3.59. The van der Waals surface area contributed by atoms with E-state index in [1.807, 2.05) is 33.8 Å². The number of hydrogen-bond acceptors (Lipinski definition) is 3. The highest BCUT2D eigenvalue weighted by Crippen LogP contribution is 2.27. The van der Waals surface area contributed by atoms with Crippen LogP contribution >= 0.6 is 11.6 Å². The molecule has 0 saturated heterocycles. The van der Waals surface area contributed by atoms with E-state index >= 15 is 0 Å². The molecule has 0 amide bonds. The van der Waals surface area contributed by atoms with Crippen LogP contribution in [0, 0.1) is 5.92 Å². The van der Waals surface area contributed by atoms with Gasteiger partial charge >= 0.3 is 0 Å². The van der Waals surface area contributed by atoms with Crippen LogP contribution in [0.5, 0.6) is 0 Å². The highest BCUT2D eigenvalue weighted by Gasteiger charge is 2.29. The summed E-state index contributed by atoms with van der Waals surface area (Å²) in [5.74, 6) is 0.230. The maximum absolute atomic E-state index is 12.7. The monoisotopic (exact) mass is 332 g/mol. The molecule has 0 aliphatic heterocycles. The first-order chi connectivity index (χ1) is 9.71. The van der Waals surface area contributed by atoms with E-state index in [1.54, 1.807) is 19.2 Å². The number of halogens is 1. The molecule has 0 aromatic heterocycles. The molecular weight excluding hydrogens is 308 g/mol. The molecule has 1 aromatic rings. The zero-order valence-corrected chi connectivity index (χ0v) is 14.9. The summed E-state index contributed by atoms with van der Waals surface area (Å²) in [5, 5.41) is 3.44. The van der Waals surface area contributed by atoms with Crippen LogP contribution in [0.4, 0.5) is 0 Å². The number of sulfonamides is 1. The predicted octanol–water partition coefficient (Wildman–Crippen LogP) is 3.11. The van der Waals surface area contributed by atoms with Gasteiger partial charge in [-0.3, -0.25) is 0 Å². The number of hydrogen-bond donors (Lipinski definition) is 1. The van der Waals surface area contributed by atoms with Gasteiger partial charge in [0.15, 0.2) is 0 Å². The van der Waals surface area contributed by atoms with Gasteiger partial charge in [0.25, 0.3) is 0 Å². The fraction of sp³-hybridized carbons (Fsp3) is 0.600. The molecule has 0 aliphatic carbocycles. The van der Waals surface area contributed by atoms with Gasteiger partial charge in [0, 0.05) is 19.6 Å². The summed E-state index contributed by atoms with van der Waals surface area (Å²) < 4.78 is 26.9. The molecule has 1 rings (SSSR count). The van der Waals surface area contributed by atoms with Crippen LogP contribution in [-0.4, -0.2) is 32.4 Å². The number of nitrogens with zero attached hydrogens (tertiary/aromatic N) is 1. The minimum Gasteiger partial charge on any atom is -0.313 e. The molecule has 1 atom stereocenters. The summed E-state index contributed by atoms with van der Waals surface area (Å²) in [6, 6.07) is 5.05. The molecule has 120 valence electrons. The van der Waals surface area contributed by atoms with Crippen molar-refractivity contribution >= 4 is 21.6 Å². The summed E-state index contributed by atoms with van der Waals surface area (Å²) in [7, 11) is -1.98. The third-order valence-corrected chi connectivity index (χ3v) is 6.20. The third kappa shape index (κ3) is 4.42. The Morgan fingerprint density at radius 2 is 1.90 bits per heavy atom. The Bertz CT molecular complexity index is 573. The summed E-state index contributed by atoms with van der Waals surface area (Å²) >= 11 is 6.12. The zero-order valence-electron chi connectivity index (χ0n) is 13.4. The average molecular weight is 333 g/mol. The molecule has 0 radical (unpaired) electrons. The highest BCUT2D eigenvalue weighted by molar-refractivity contribution is 7.89. The van der Waals surface area contributed by atoms with Crippen molar-refractivity contribution in [3.63, 3.8) is 0 Å². The highest BCUT2D eigenvalue weighted by atomic mass is 35.5. The standard InChI is InChI=1S/C15H25ClN2O2S/c1-6-17-10-13-7-8-14(16)15(9-13)21(19,20)18(5)12(4)11(2)3/h7-9,11-12,17H,6,10H2,1-5H3. The van der Waals surface area contributed by atoms with E-state index in [0.29, 0.717) is 6.54 Å². The molecule has 0 bridgehead atoms. The van der Waals surface area contributed by atoms with Gasteiger partial charge in [-0.2, -0.15) is 4.31 Å². The predicted molar refractivity (Wildman–Crippen MR) is 88.1 cm³/mol. The van der Waals surface area contributed by atoms with Crippen LogP contribution in [0.25, 0.3) is 0 Å². The number of benzene rings is 1. The van der Waals surface area contributed by atoms with Crippen molar-refractivity contribution in [3.05, 3.63) is 28.8 Å². The maximum Gasteiger partial charge on any atom is 0.244 e. The third-order valence-electron chi connectivity index (χ3n) is 3.77. The van der Waals surface area contributed by atoms with Crippen molar-refractivity contribution < 1.29 is 8.42 Å². The van der Waals surface area contributed by atoms with E-state index in [-0.39, 0.29) is 21.9 Å². The lowest BCUT2D eigenvalue weighted by molar-refractivity contribution is 0.316. The molecule has 6 heteroatoms. The summed E-state index contributed by atoms with van der Waals surface area (Å²) in [6.07, 6.45) is 0. The maximum atomic E-state index is 12.7. The van der Waals surface area contributed by atoms with Gasteiger partial charge in [-0.25, -0.2) is 8.42 Å². The molecule has 4 nitrogen and oxygen atoms in total. The van der Waals surface area contributed by atoms with E-state index in [4.69, 9.17) is 11.6 Å². The molecule has 1 unspecified atom stereocenters. The molecule has 0 heterocycles. The Morgan fingerprint density at radius 3 is 2.43 bits per heavy atom. The lowest BCUT2D eigenvalue weighted by Crippen LogP contribution is -2.38. The van der Waals surface area contributed by atoms with Crippen LogP contribution in [0.2, 0.25) is 5.02 Å². The normalized spacial score (nSPS) is 13.9. The van der Waals surface area contributed by atoms with E-state index in [1.165, 1.54) is 4.31 Å². The largest absolute Gasteiger partial charge is 0.313 e. The molecule has 0 spiro atoms. The van der Waals surface area contributed by atoms with Gasteiger partial charge in [-0.05, 0) is 37.1 Å². The van der Waals surface area contributed by atoms with Crippen LogP contribution in [0.3, 0.4) is 0 Å². The van der Waals surface area contributed by atoms with E-state index in [0.717, 1.165) is 12.1 Å². The fourth-order valence-corrected chi connectivity index (χ4v) is 3.93. The molecule has 1 N–H and O–H groups in total. The van der Waals surface area contributed by atoms with Crippen molar-refractivity contribution in [2.75, 3.05) is 13.6 Å². The second-order valence-electron chi connectivity index (χ2n) is 5.55. The number of nitrogens with one attached hydrogen (secondary N) is 1. The number of rotatable bonds is 7. The second-order valence-corrected chi connectivity index (χ2v) is 7.92. The van der Waals surface area contributed by atoms with Crippen LogP contribution in [-0.2, 0) is 16.6 Å². The molecule has 0 fully saturated rings. The summed E-state index contributed by atoms with van der Waals surface area (Å²) in [5.41, 5.74) is 0.908. The first-order valence-corrected chi connectivity index (χ1v) is 9.00.